The number of hydrogen-bond donors (Lipinski definition) is 3. The summed E-state index contributed by atoms with van der Waals surface area (Å²) in [6.45, 7) is 0. The number of thiazole rings is 1. The molecule has 0 atom stereocenters. The monoisotopic (exact) mass is 350 g/mol. The summed E-state index contributed by atoms with van der Waals surface area (Å²) in [5.41, 5.74) is 3.57. The van der Waals surface area contributed by atoms with Crippen LogP contribution in [0.1, 0.15) is 0 Å². The summed E-state index contributed by atoms with van der Waals surface area (Å²) in [6.07, 6.45) is 0. The Balaban J connectivity index is 1.95. The van der Waals surface area contributed by atoms with Gasteiger partial charge >= 0.3 is 0 Å². The molecule has 0 radical (unpaired) electrons. The normalized spacial score (nSPS) is 11.4. The molecule has 1 aromatic heterocycles. The molecule has 23 heavy (non-hydrogen) atoms. The van der Waals surface area contributed by atoms with Crippen LogP contribution in [0.5, 0.6) is 5.75 Å². The third kappa shape index (κ3) is 3.21. The lowest BCUT2D eigenvalue weighted by atomic mass is 10.3. The molecule has 0 spiro atoms. The second-order valence-electron chi connectivity index (χ2n) is 4.63. The molecule has 2 aromatic carbocycles. The number of hydrogen-bond acceptors (Lipinski definition) is 7. The van der Waals surface area contributed by atoms with E-state index in [2.05, 4.69) is 15.1 Å². The number of nitrogens with zero attached hydrogens (tertiary/aromatic N) is 1. The van der Waals surface area contributed by atoms with Crippen LogP contribution in [-0.4, -0.2) is 20.5 Å². The van der Waals surface area contributed by atoms with Crippen molar-refractivity contribution in [1.82, 2.24) is 4.98 Å². The number of nitrogens with one attached hydrogen (secondary N) is 2. The Morgan fingerprint density at radius 3 is 2.78 bits per heavy atom. The molecule has 3 aromatic rings. The standard InChI is InChI=1S/C14H14N4O3S2/c1-21-10-4-2-3-9(7-10)18-23(19,20)11-5-6-12-13(8-11)22-14(16-12)17-15/h2-8,18H,15H2,1H3,(H,16,17). The van der Waals surface area contributed by atoms with Crippen LogP contribution in [0.3, 0.4) is 0 Å². The van der Waals surface area contributed by atoms with Crippen molar-refractivity contribution in [3.8, 4) is 5.75 Å². The number of benzene rings is 2. The summed E-state index contributed by atoms with van der Waals surface area (Å²) in [5, 5.41) is 0.523. The third-order valence-corrected chi connectivity index (χ3v) is 5.44. The van der Waals surface area contributed by atoms with Crippen molar-refractivity contribution in [3.63, 3.8) is 0 Å². The maximum atomic E-state index is 12.5. The average Bonchev–Trinajstić information content (AvgIpc) is 2.97. The van der Waals surface area contributed by atoms with Crippen molar-refractivity contribution in [2.75, 3.05) is 17.3 Å². The zero-order valence-electron chi connectivity index (χ0n) is 12.1. The number of ether oxygens (including phenoxy) is 1. The van der Waals surface area contributed by atoms with Crippen LogP contribution in [0, 0.1) is 0 Å². The molecule has 7 nitrogen and oxygen atoms in total. The second-order valence-corrected chi connectivity index (χ2v) is 7.34. The lowest BCUT2D eigenvalue weighted by Gasteiger charge is -2.09. The maximum absolute atomic E-state index is 12.5. The number of nitrogen functional groups attached to an aromatic ring is 1. The van der Waals surface area contributed by atoms with Crippen LogP contribution in [0.4, 0.5) is 10.8 Å². The first kappa shape index (κ1) is 15.5. The van der Waals surface area contributed by atoms with E-state index in [0.717, 1.165) is 4.70 Å². The molecular weight excluding hydrogens is 336 g/mol. The van der Waals surface area contributed by atoms with Gasteiger partial charge in [0, 0.05) is 6.07 Å². The minimum Gasteiger partial charge on any atom is -0.497 e. The summed E-state index contributed by atoms with van der Waals surface area (Å²) in [5.74, 6) is 5.89. The van der Waals surface area contributed by atoms with Crippen LogP contribution in [0.2, 0.25) is 0 Å². The van der Waals surface area contributed by atoms with Crippen molar-refractivity contribution in [2.45, 2.75) is 4.90 Å². The molecule has 0 fully saturated rings. The molecular formula is C14H14N4O3S2. The van der Waals surface area contributed by atoms with E-state index in [4.69, 9.17) is 10.6 Å². The highest BCUT2D eigenvalue weighted by molar-refractivity contribution is 7.92. The van der Waals surface area contributed by atoms with Gasteiger partial charge in [0.25, 0.3) is 10.0 Å². The van der Waals surface area contributed by atoms with Crippen molar-refractivity contribution in [3.05, 3.63) is 42.5 Å². The maximum Gasteiger partial charge on any atom is 0.261 e. The Morgan fingerprint density at radius 2 is 2.04 bits per heavy atom. The van der Waals surface area contributed by atoms with Gasteiger partial charge in [0.15, 0.2) is 5.13 Å². The number of fused-ring (bicyclic) bond motifs is 1. The van der Waals surface area contributed by atoms with Gasteiger partial charge in [-0.15, -0.1) is 0 Å². The summed E-state index contributed by atoms with van der Waals surface area (Å²) >= 11 is 1.28. The lowest BCUT2D eigenvalue weighted by molar-refractivity contribution is 0.415. The van der Waals surface area contributed by atoms with Gasteiger partial charge in [-0.3, -0.25) is 10.1 Å². The first-order valence-corrected chi connectivity index (χ1v) is 8.86. The van der Waals surface area contributed by atoms with Gasteiger partial charge in [-0.25, -0.2) is 19.2 Å². The van der Waals surface area contributed by atoms with Crippen molar-refractivity contribution < 1.29 is 13.2 Å². The fourth-order valence-electron chi connectivity index (χ4n) is 2.03. The van der Waals surface area contributed by atoms with Gasteiger partial charge in [0.2, 0.25) is 0 Å². The average molecular weight is 350 g/mol. The quantitative estimate of drug-likeness (QED) is 0.482. The predicted molar refractivity (Wildman–Crippen MR) is 91.2 cm³/mol. The first-order chi connectivity index (χ1) is 11.0. The van der Waals surface area contributed by atoms with E-state index in [9.17, 15) is 8.42 Å². The fourth-order valence-corrected chi connectivity index (χ4v) is 4.00. The molecule has 0 bridgehead atoms. The summed E-state index contributed by atoms with van der Waals surface area (Å²) in [7, 11) is -2.18. The fraction of sp³-hybridized carbons (Fsp3) is 0.0714. The van der Waals surface area contributed by atoms with Crippen molar-refractivity contribution in [1.29, 1.82) is 0 Å². The van der Waals surface area contributed by atoms with E-state index in [1.165, 1.54) is 24.5 Å². The number of nitrogens with two attached hydrogens (primary N) is 1. The number of anilines is 2. The number of hydrazine groups is 1. The minimum atomic E-state index is -3.71. The smallest absolute Gasteiger partial charge is 0.261 e. The highest BCUT2D eigenvalue weighted by Gasteiger charge is 2.16. The van der Waals surface area contributed by atoms with Crippen LogP contribution >= 0.6 is 11.3 Å². The van der Waals surface area contributed by atoms with Gasteiger partial charge in [-0.1, -0.05) is 17.4 Å². The summed E-state index contributed by atoms with van der Waals surface area (Å²) in [4.78, 5) is 4.36. The van der Waals surface area contributed by atoms with Gasteiger partial charge in [-0.05, 0) is 30.3 Å². The number of rotatable bonds is 5. The van der Waals surface area contributed by atoms with Crippen LogP contribution in [0.25, 0.3) is 10.2 Å². The van der Waals surface area contributed by atoms with E-state index in [0.29, 0.717) is 22.1 Å². The molecule has 0 amide bonds. The summed E-state index contributed by atoms with van der Waals surface area (Å²) < 4.78 is 33.4. The Morgan fingerprint density at radius 1 is 1.22 bits per heavy atom. The van der Waals surface area contributed by atoms with E-state index in [1.807, 2.05) is 0 Å². The van der Waals surface area contributed by atoms with Gasteiger partial charge in [0.05, 0.1) is 27.9 Å². The van der Waals surface area contributed by atoms with Crippen LogP contribution in [-0.2, 0) is 10.0 Å². The molecule has 3 rings (SSSR count). The topological polar surface area (TPSA) is 106 Å². The molecule has 120 valence electrons. The Bertz CT molecular complexity index is 954. The first-order valence-electron chi connectivity index (χ1n) is 6.56. The van der Waals surface area contributed by atoms with Gasteiger partial charge < -0.3 is 4.74 Å². The van der Waals surface area contributed by atoms with E-state index in [-0.39, 0.29) is 4.90 Å². The highest BCUT2D eigenvalue weighted by Crippen LogP contribution is 2.28. The number of sulfonamides is 1. The third-order valence-electron chi connectivity index (χ3n) is 3.12. The molecule has 0 saturated heterocycles. The van der Waals surface area contributed by atoms with Gasteiger partial charge in [0.1, 0.15) is 5.75 Å². The zero-order chi connectivity index (χ0) is 16.4. The Hall–Kier alpha value is -2.36. The van der Waals surface area contributed by atoms with E-state index in [1.54, 1.807) is 36.4 Å². The molecule has 0 aliphatic carbocycles. The number of methoxy groups -OCH3 is 1. The zero-order valence-corrected chi connectivity index (χ0v) is 13.7. The SMILES string of the molecule is COc1cccc(NS(=O)(=O)c2ccc3nc(NN)sc3c2)c1. The second kappa shape index (κ2) is 6.03. The summed E-state index contributed by atoms with van der Waals surface area (Å²) in [6, 6.07) is 11.4. The highest BCUT2D eigenvalue weighted by atomic mass is 32.2. The molecule has 0 aliphatic rings. The largest absolute Gasteiger partial charge is 0.497 e. The molecule has 9 heteroatoms. The van der Waals surface area contributed by atoms with E-state index >= 15 is 0 Å². The Labute approximate surface area is 137 Å². The van der Waals surface area contributed by atoms with Crippen molar-refractivity contribution in [2.24, 2.45) is 5.84 Å². The molecule has 4 N–H and O–H groups in total. The molecule has 0 saturated carbocycles. The van der Waals surface area contributed by atoms with Gasteiger partial charge in [-0.2, -0.15) is 0 Å². The van der Waals surface area contributed by atoms with E-state index < -0.39 is 10.0 Å². The minimum absolute atomic E-state index is 0.153. The number of aromatic nitrogens is 1. The lowest BCUT2D eigenvalue weighted by Crippen LogP contribution is -2.12. The predicted octanol–water partition coefficient (Wildman–Crippen LogP) is 2.39. The Kier molecular flexibility index (Phi) is 4.07. The molecule has 0 aliphatic heterocycles. The molecule has 0 unspecified atom stereocenters. The van der Waals surface area contributed by atoms with Crippen LogP contribution in [0.15, 0.2) is 47.4 Å². The molecule has 1 heterocycles. The van der Waals surface area contributed by atoms with Crippen LogP contribution < -0.4 is 20.7 Å². The van der Waals surface area contributed by atoms with Crippen molar-refractivity contribution >= 4 is 42.4 Å².